The molecule has 0 amide bonds. The van der Waals surface area contributed by atoms with Crippen LogP contribution in [0.2, 0.25) is 4.34 Å². The van der Waals surface area contributed by atoms with E-state index >= 15 is 0 Å². The van der Waals surface area contributed by atoms with Crippen LogP contribution in [0, 0.1) is 0 Å². The second kappa shape index (κ2) is 9.49. The number of hydrogen-bond acceptors (Lipinski definition) is 6. The molecule has 1 saturated heterocycles. The molecule has 0 spiro atoms. The fourth-order valence-corrected chi connectivity index (χ4v) is 4.98. The zero-order valence-electron chi connectivity index (χ0n) is 17.6. The van der Waals surface area contributed by atoms with Gasteiger partial charge in [-0.25, -0.2) is 4.98 Å². The van der Waals surface area contributed by atoms with E-state index in [1.807, 2.05) is 65.4 Å². The van der Waals surface area contributed by atoms with Gasteiger partial charge in [0, 0.05) is 18.0 Å². The van der Waals surface area contributed by atoms with E-state index in [9.17, 15) is 4.79 Å². The Morgan fingerprint density at radius 3 is 2.76 bits per heavy atom. The Morgan fingerprint density at radius 2 is 2.03 bits per heavy atom. The zero-order chi connectivity index (χ0) is 22.7. The van der Waals surface area contributed by atoms with Crippen molar-refractivity contribution in [3.63, 3.8) is 0 Å². The number of ether oxygens (including phenoxy) is 3. The smallest absolute Gasteiger partial charge is 0.223 e. The minimum absolute atomic E-state index is 0.245. The number of halogens is 1. The first kappa shape index (κ1) is 21.9. The van der Waals surface area contributed by atoms with E-state index in [4.69, 9.17) is 25.8 Å². The first-order valence-electron chi connectivity index (χ1n) is 10.5. The summed E-state index contributed by atoms with van der Waals surface area (Å²) in [6.45, 7) is 1.20. The molecule has 2 aromatic carbocycles. The lowest BCUT2D eigenvalue weighted by molar-refractivity contribution is -0.186. The Bertz CT molecular complexity index is 1230. The van der Waals surface area contributed by atoms with Crippen molar-refractivity contribution in [3.05, 3.63) is 94.2 Å². The topological polar surface area (TPSA) is 62.6 Å². The van der Waals surface area contributed by atoms with Gasteiger partial charge in [-0.1, -0.05) is 48.0 Å². The van der Waals surface area contributed by atoms with Gasteiger partial charge in [-0.05, 0) is 35.4 Å². The molecule has 168 valence electrons. The molecule has 8 heteroatoms. The van der Waals surface area contributed by atoms with Crippen molar-refractivity contribution < 1.29 is 19.0 Å². The van der Waals surface area contributed by atoms with Gasteiger partial charge in [0.1, 0.15) is 18.5 Å². The van der Waals surface area contributed by atoms with Gasteiger partial charge in [0.05, 0.1) is 28.7 Å². The number of hydrogen-bond donors (Lipinski definition) is 0. The zero-order valence-corrected chi connectivity index (χ0v) is 19.2. The number of rotatable bonds is 8. The van der Waals surface area contributed by atoms with Crippen LogP contribution in [-0.2, 0) is 21.8 Å². The lowest BCUT2D eigenvalue weighted by Crippen LogP contribution is -2.33. The highest BCUT2D eigenvalue weighted by Crippen LogP contribution is 2.41. The van der Waals surface area contributed by atoms with Gasteiger partial charge < -0.3 is 18.8 Å². The average molecular weight is 481 g/mol. The Morgan fingerprint density at radius 1 is 1.18 bits per heavy atom. The van der Waals surface area contributed by atoms with Gasteiger partial charge in [0.25, 0.3) is 0 Å². The Kier molecular flexibility index (Phi) is 6.28. The van der Waals surface area contributed by atoms with Crippen molar-refractivity contribution >= 4 is 29.2 Å². The van der Waals surface area contributed by atoms with Crippen molar-refractivity contribution in [1.29, 1.82) is 0 Å². The Labute approximate surface area is 200 Å². The predicted molar refractivity (Wildman–Crippen MR) is 127 cm³/mol. The summed E-state index contributed by atoms with van der Waals surface area (Å²) in [6, 6.07) is 19.0. The molecule has 2 aromatic heterocycles. The molecule has 0 aliphatic carbocycles. The summed E-state index contributed by atoms with van der Waals surface area (Å²) in [5.41, 5.74) is 2.51. The highest BCUT2D eigenvalue weighted by Gasteiger charge is 2.45. The van der Waals surface area contributed by atoms with Crippen molar-refractivity contribution in [2.45, 2.75) is 18.4 Å². The summed E-state index contributed by atoms with van der Waals surface area (Å²) < 4.78 is 21.2. The molecule has 4 aromatic rings. The maximum Gasteiger partial charge on any atom is 0.223 e. The fraction of sp³-hybridized carbons (Fsp3) is 0.200. The van der Waals surface area contributed by atoms with Crippen LogP contribution in [0.1, 0.15) is 15.2 Å². The van der Waals surface area contributed by atoms with E-state index < -0.39 is 5.79 Å². The fourth-order valence-electron chi connectivity index (χ4n) is 3.86. The van der Waals surface area contributed by atoms with Gasteiger partial charge in [0.15, 0.2) is 6.29 Å². The summed E-state index contributed by atoms with van der Waals surface area (Å²) in [5.74, 6) is -0.216. The van der Waals surface area contributed by atoms with Crippen molar-refractivity contribution in [2.24, 2.45) is 0 Å². The van der Waals surface area contributed by atoms with Crippen LogP contribution >= 0.6 is 22.9 Å². The summed E-state index contributed by atoms with van der Waals surface area (Å²) in [5, 5.41) is 0. The summed E-state index contributed by atoms with van der Waals surface area (Å²) in [6.07, 6.45) is 5.95. The van der Waals surface area contributed by atoms with Gasteiger partial charge in [-0.2, -0.15) is 0 Å². The van der Waals surface area contributed by atoms with Gasteiger partial charge >= 0.3 is 0 Å². The van der Waals surface area contributed by atoms with Crippen molar-refractivity contribution in [1.82, 2.24) is 9.55 Å². The molecular formula is C25H21ClN2O4S. The van der Waals surface area contributed by atoms with E-state index in [-0.39, 0.29) is 6.10 Å². The second-order valence-corrected chi connectivity index (χ2v) is 9.40. The molecule has 0 saturated carbocycles. The standard InChI is InChI=1S/C25H21ClN2O4S/c26-24-10-9-23(33-24)25(16-28-12-11-27-17-28)31-15-21(32-25)14-30-20-7-5-18(6-8-20)22-4-2-1-3-19(22)13-29/h1-13,17,21H,14-16H2. The van der Waals surface area contributed by atoms with Gasteiger partial charge in [-0.15, -0.1) is 11.3 Å². The largest absolute Gasteiger partial charge is 0.491 e. The minimum atomic E-state index is -0.936. The number of nitrogens with zero attached hydrogens (tertiary/aromatic N) is 2. The first-order valence-corrected chi connectivity index (χ1v) is 11.7. The normalized spacial score (nSPS) is 20.1. The molecule has 3 heterocycles. The van der Waals surface area contributed by atoms with Gasteiger partial charge in [-0.3, -0.25) is 4.79 Å². The molecule has 2 atom stereocenters. The number of aromatic nitrogens is 2. The summed E-state index contributed by atoms with van der Waals surface area (Å²) in [7, 11) is 0. The molecule has 5 rings (SSSR count). The van der Waals surface area contributed by atoms with Crippen LogP contribution in [0.4, 0.5) is 0 Å². The SMILES string of the molecule is O=Cc1ccccc1-c1ccc(OCC2COC(Cn3ccnc3)(c3ccc(Cl)s3)O2)cc1. The van der Waals surface area contributed by atoms with Crippen LogP contribution < -0.4 is 4.74 Å². The van der Waals surface area contributed by atoms with E-state index in [2.05, 4.69) is 4.98 Å². The molecule has 0 N–H and O–H groups in total. The van der Waals surface area contributed by atoms with E-state index in [1.54, 1.807) is 18.6 Å². The van der Waals surface area contributed by atoms with E-state index in [1.165, 1.54) is 11.3 Å². The van der Waals surface area contributed by atoms with E-state index in [0.717, 1.165) is 28.0 Å². The number of carbonyl (C=O) groups excluding carboxylic acids is 1. The van der Waals surface area contributed by atoms with Crippen LogP contribution in [-0.4, -0.2) is 35.2 Å². The maximum atomic E-state index is 11.3. The number of benzene rings is 2. The second-order valence-electron chi connectivity index (χ2n) is 7.68. The predicted octanol–water partition coefficient (Wildman–Crippen LogP) is 5.42. The molecule has 0 radical (unpaired) electrons. The number of carbonyl (C=O) groups is 1. The lowest BCUT2D eigenvalue weighted by Gasteiger charge is -2.27. The molecule has 1 fully saturated rings. The number of thiophene rings is 1. The molecular weight excluding hydrogens is 460 g/mol. The quantitative estimate of drug-likeness (QED) is 0.315. The summed E-state index contributed by atoms with van der Waals surface area (Å²) in [4.78, 5) is 16.3. The number of aldehydes is 1. The molecule has 1 aliphatic heterocycles. The minimum Gasteiger partial charge on any atom is -0.491 e. The monoisotopic (exact) mass is 480 g/mol. The Balaban J connectivity index is 1.26. The third-order valence-corrected chi connectivity index (χ3v) is 6.80. The lowest BCUT2D eigenvalue weighted by atomic mass is 10.0. The van der Waals surface area contributed by atoms with Crippen LogP contribution in [0.5, 0.6) is 5.75 Å². The van der Waals surface area contributed by atoms with Crippen molar-refractivity contribution in [3.8, 4) is 16.9 Å². The van der Waals surface area contributed by atoms with Crippen molar-refractivity contribution in [2.75, 3.05) is 13.2 Å². The molecule has 6 nitrogen and oxygen atoms in total. The van der Waals surface area contributed by atoms with Crippen LogP contribution in [0.15, 0.2) is 79.4 Å². The van der Waals surface area contributed by atoms with E-state index in [0.29, 0.717) is 29.7 Å². The molecule has 1 aliphatic rings. The molecule has 2 unspecified atom stereocenters. The molecule has 33 heavy (non-hydrogen) atoms. The van der Waals surface area contributed by atoms with Gasteiger partial charge in [0.2, 0.25) is 5.79 Å². The van der Waals surface area contributed by atoms with Crippen LogP contribution in [0.25, 0.3) is 11.1 Å². The average Bonchev–Trinajstić information content (AvgIpc) is 3.61. The highest BCUT2D eigenvalue weighted by molar-refractivity contribution is 7.16. The first-order chi connectivity index (χ1) is 16.1. The third kappa shape index (κ3) is 4.72. The maximum absolute atomic E-state index is 11.3. The Hall–Kier alpha value is -2.97. The van der Waals surface area contributed by atoms with Crippen LogP contribution in [0.3, 0.4) is 0 Å². The summed E-state index contributed by atoms with van der Waals surface area (Å²) >= 11 is 7.62. The highest BCUT2D eigenvalue weighted by atomic mass is 35.5. The number of imidazole rings is 1. The third-order valence-electron chi connectivity index (χ3n) is 5.45. The molecule has 0 bridgehead atoms.